The van der Waals surface area contributed by atoms with E-state index >= 15 is 0 Å². The van der Waals surface area contributed by atoms with E-state index in [1.54, 1.807) is 31.2 Å². The predicted octanol–water partition coefficient (Wildman–Crippen LogP) is 3.50. The summed E-state index contributed by atoms with van der Waals surface area (Å²) in [6.07, 6.45) is 1.69. The molecule has 0 radical (unpaired) electrons. The van der Waals surface area contributed by atoms with Crippen LogP contribution in [0.4, 0.5) is 10.1 Å². The van der Waals surface area contributed by atoms with E-state index in [4.69, 9.17) is 11.6 Å². The van der Waals surface area contributed by atoms with Crippen LogP contribution in [0.2, 0.25) is 5.02 Å². The molecule has 0 aliphatic heterocycles. The average Bonchev–Trinajstić information content (AvgIpc) is 2.76. The zero-order valence-electron chi connectivity index (χ0n) is 19.1. The highest BCUT2D eigenvalue weighted by atomic mass is 35.5. The monoisotopic (exact) mass is 497 g/mol. The molecule has 2 amide bonds. The van der Waals surface area contributed by atoms with E-state index in [1.165, 1.54) is 30.0 Å². The van der Waals surface area contributed by atoms with Crippen molar-refractivity contribution in [3.63, 3.8) is 0 Å². The van der Waals surface area contributed by atoms with Crippen LogP contribution in [0.25, 0.3) is 0 Å². The predicted molar refractivity (Wildman–Crippen MR) is 128 cm³/mol. The van der Waals surface area contributed by atoms with Gasteiger partial charge in [0.15, 0.2) is 0 Å². The van der Waals surface area contributed by atoms with Crippen LogP contribution in [0.5, 0.6) is 0 Å². The molecule has 10 heteroatoms. The lowest BCUT2D eigenvalue weighted by Crippen LogP contribution is -2.51. The molecule has 180 valence electrons. The maximum absolute atomic E-state index is 14.3. The highest BCUT2D eigenvalue weighted by Crippen LogP contribution is 2.28. The van der Waals surface area contributed by atoms with Crippen molar-refractivity contribution in [1.82, 2.24) is 10.2 Å². The van der Waals surface area contributed by atoms with Crippen LogP contribution < -0.4 is 9.62 Å². The summed E-state index contributed by atoms with van der Waals surface area (Å²) >= 11 is 6.16. The third-order valence-corrected chi connectivity index (χ3v) is 6.74. The number of nitrogens with one attached hydrogen (secondary N) is 1. The van der Waals surface area contributed by atoms with E-state index in [0.717, 1.165) is 10.6 Å². The van der Waals surface area contributed by atoms with Crippen LogP contribution in [0.3, 0.4) is 0 Å². The molecule has 0 spiro atoms. The Balaban J connectivity index is 2.43. The van der Waals surface area contributed by atoms with Gasteiger partial charge in [0.25, 0.3) is 0 Å². The quantitative estimate of drug-likeness (QED) is 0.544. The summed E-state index contributed by atoms with van der Waals surface area (Å²) in [4.78, 5) is 27.2. The van der Waals surface area contributed by atoms with Crippen molar-refractivity contribution in [3.8, 4) is 0 Å². The number of rotatable bonds is 10. The molecular weight excluding hydrogens is 469 g/mol. The molecule has 2 aromatic rings. The Morgan fingerprint density at radius 3 is 2.42 bits per heavy atom. The topological polar surface area (TPSA) is 86.8 Å². The number of anilines is 1. The van der Waals surface area contributed by atoms with Crippen molar-refractivity contribution >= 4 is 39.1 Å². The number of benzene rings is 2. The Morgan fingerprint density at radius 1 is 1.15 bits per heavy atom. The molecule has 0 aliphatic rings. The summed E-state index contributed by atoms with van der Waals surface area (Å²) in [6, 6.07) is 9.73. The van der Waals surface area contributed by atoms with Gasteiger partial charge in [-0.05, 0) is 44.0 Å². The van der Waals surface area contributed by atoms with Crippen molar-refractivity contribution in [3.05, 3.63) is 64.4 Å². The molecule has 1 N–H and O–H groups in total. The number of carbonyl (C=O) groups is 2. The van der Waals surface area contributed by atoms with E-state index in [9.17, 15) is 22.4 Å². The number of hydrogen-bond donors (Lipinski definition) is 1. The SMILES string of the molecule is CCCNC(=O)[C@@H](C)N(Cc1ccccc1F)C(=O)CN(c1cccc(Cl)c1C)S(C)(=O)=O. The van der Waals surface area contributed by atoms with E-state index < -0.39 is 40.2 Å². The van der Waals surface area contributed by atoms with Gasteiger partial charge in [0, 0.05) is 23.7 Å². The summed E-state index contributed by atoms with van der Waals surface area (Å²) < 4.78 is 40.4. The Hall–Kier alpha value is -2.65. The largest absolute Gasteiger partial charge is 0.354 e. The van der Waals surface area contributed by atoms with Crippen molar-refractivity contribution in [2.24, 2.45) is 0 Å². The van der Waals surface area contributed by atoms with Gasteiger partial charge < -0.3 is 10.2 Å². The molecule has 7 nitrogen and oxygen atoms in total. The van der Waals surface area contributed by atoms with Crippen LogP contribution in [-0.2, 0) is 26.2 Å². The molecule has 0 saturated heterocycles. The fourth-order valence-corrected chi connectivity index (χ4v) is 4.32. The summed E-state index contributed by atoms with van der Waals surface area (Å²) in [5.41, 5.74) is 0.963. The zero-order chi connectivity index (χ0) is 24.8. The van der Waals surface area contributed by atoms with Crippen molar-refractivity contribution in [2.75, 3.05) is 23.7 Å². The third kappa shape index (κ3) is 6.91. The highest BCUT2D eigenvalue weighted by molar-refractivity contribution is 7.92. The zero-order valence-corrected chi connectivity index (χ0v) is 20.7. The van der Waals surface area contributed by atoms with Crippen LogP contribution in [-0.4, -0.2) is 50.5 Å². The summed E-state index contributed by atoms with van der Waals surface area (Å²) in [5, 5.41) is 3.07. The number of carbonyl (C=O) groups excluding carboxylic acids is 2. The second kappa shape index (κ2) is 11.5. The lowest BCUT2D eigenvalue weighted by atomic mass is 10.1. The van der Waals surface area contributed by atoms with E-state index in [2.05, 4.69) is 5.32 Å². The van der Waals surface area contributed by atoms with Gasteiger partial charge >= 0.3 is 0 Å². The van der Waals surface area contributed by atoms with Gasteiger partial charge in [0.1, 0.15) is 18.4 Å². The van der Waals surface area contributed by atoms with E-state index in [1.807, 2.05) is 6.92 Å². The molecule has 0 fully saturated rings. The standard InChI is InChI=1S/C23H29ClFN3O4S/c1-5-13-26-23(30)17(3)27(14-18-9-6-7-11-20(18)25)22(29)15-28(33(4,31)32)21-12-8-10-19(24)16(21)2/h6-12,17H,5,13-15H2,1-4H3,(H,26,30)/t17-/m1/s1. The molecular formula is C23H29ClFN3O4S. The Bertz CT molecular complexity index is 1110. The molecule has 0 aliphatic carbocycles. The second-order valence-corrected chi connectivity index (χ2v) is 10.0. The fourth-order valence-electron chi connectivity index (χ4n) is 3.25. The second-order valence-electron chi connectivity index (χ2n) is 7.73. The molecule has 33 heavy (non-hydrogen) atoms. The number of halogens is 2. The molecule has 0 unspecified atom stereocenters. The Kier molecular flexibility index (Phi) is 9.25. The first kappa shape index (κ1) is 26.6. The molecule has 2 aromatic carbocycles. The lowest BCUT2D eigenvalue weighted by molar-refractivity contribution is -0.139. The van der Waals surface area contributed by atoms with E-state index in [-0.39, 0.29) is 17.8 Å². The van der Waals surface area contributed by atoms with Gasteiger partial charge in [-0.1, -0.05) is 42.8 Å². The van der Waals surface area contributed by atoms with Crippen LogP contribution in [0, 0.1) is 12.7 Å². The van der Waals surface area contributed by atoms with Crippen LogP contribution in [0.15, 0.2) is 42.5 Å². The van der Waals surface area contributed by atoms with Gasteiger partial charge in [0.2, 0.25) is 21.8 Å². The first-order valence-electron chi connectivity index (χ1n) is 10.5. The normalized spacial score (nSPS) is 12.2. The van der Waals surface area contributed by atoms with Crippen molar-refractivity contribution < 1.29 is 22.4 Å². The smallest absolute Gasteiger partial charge is 0.244 e. The van der Waals surface area contributed by atoms with Crippen molar-refractivity contribution in [2.45, 2.75) is 39.8 Å². The number of hydrogen-bond acceptors (Lipinski definition) is 4. The minimum atomic E-state index is -3.87. The molecule has 2 rings (SSSR count). The Labute approximate surface area is 199 Å². The maximum Gasteiger partial charge on any atom is 0.244 e. The molecule has 0 aromatic heterocycles. The average molecular weight is 498 g/mol. The van der Waals surface area contributed by atoms with Gasteiger partial charge in [-0.15, -0.1) is 0 Å². The fraction of sp³-hybridized carbons (Fsp3) is 0.391. The minimum absolute atomic E-state index is 0.196. The number of amides is 2. The van der Waals surface area contributed by atoms with Gasteiger partial charge in [-0.25, -0.2) is 12.8 Å². The minimum Gasteiger partial charge on any atom is -0.354 e. The number of sulfonamides is 1. The molecule has 0 heterocycles. The highest BCUT2D eigenvalue weighted by Gasteiger charge is 2.31. The first-order chi connectivity index (χ1) is 15.5. The first-order valence-corrected chi connectivity index (χ1v) is 12.7. The van der Waals surface area contributed by atoms with Crippen molar-refractivity contribution in [1.29, 1.82) is 0 Å². The number of nitrogens with zero attached hydrogens (tertiary/aromatic N) is 2. The summed E-state index contributed by atoms with van der Waals surface area (Å²) in [7, 11) is -3.87. The summed E-state index contributed by atoms with van der Waals surface area (Å²) in [6.45, 7) is 4.72. The van der Waals surface area contributed by atoms with Crippen LogP contribution >= 0.6 is 11.6 Å². The lowest BCUT2D eigenvalue weighted by Gasteiger charge is -2.32. The maximum atomic E-state index is 14.3. The molecule has 0 saturated carbocycles. The van der Waals surface area contributed by atoms with Gasteiger partial charge in [0.05, 0.1) is 11.9 Å². The molecule has 1 atom stereocenters. The molecule has 0 bridgehead atoms. The third-order valence-electron chi connectivity index (χ3n) is 5.20. The van der Waals surface area contributed by atoms with Gasteiger partial charge in [-0.2, -0.15) is 0 Å². The summed E-state index contributed by atoms with van der Waals surface area (Å²) in [5.74, 6) is -1.59. The van der Waals surface area contributed by atoms with E-state index in [0.29, 0.717) is 23.6 Å². The van der Waals surface area contributed by atoms with Crippen LogP contribution in [0.1, 0.15) is 31.4 Å². The van der Waals surface area contributed by atoms with Gasteiger partial charge in [-0.3, -0.25) is 13.9 Å². The Morgan fingerprint density at radius 2 is 1.82 bits per heavy atom.